The number of hydrogen-bond acceptors (Lipinski definition) is 4. The molecule has 0 amide bonds. The van der Waals surface area contributed by atoms with Crippen molar-refractivity contribution in [3.63, 3.8) is 0 Å². The molecule has 0 atom stereocenters. The molecule has 0 aliphatic heterocycles. The Morgan fingerprint density at radius 1 is 1.45 bits per heavy atom. The Bertz CT molecular complexity index is 569. The summed E-state index contributed by atoms with van der Waals surface area (Å²) in [5.74, 6) is 0.0520. The predicted octanol–water partition coefficient (Wildman–Crippen LogP) is 2.50. The second kappa shape index (κ2) is 7.31. The molecule has 2 rings (SSSR count). The number of ketones is 1. The average Bonchev–Trinajstić information content (AvgIpc) is 2.84. The van der Waals surface area contributed by atoms with Crippen molar-refractivity contribution in [2.75, 3.05) is 13.7 Å². The Hall–Kier alpha value is -1.53. The maximum Gasteiger partial charge on any atom is 0.182 e. The summed E-state index contributed by atoms with van der Waals surface area (Å²) in [6, 6.07) is 5.71. The molecule has 0 radical (unpaired) electrons. The molecule has 0 spiro atoms. The third-order valence-corrected chi connectivity index (χ3v) is 3.48. The van der Waals surface area contributed by atoms with Gasteiger partial charge in [0.15, 0.2) is 5.78 Å². The molecule has 0 aliphatic carbocycles. The predicted molar refractivity (Wildman–Crippen MR) is 78.7 cm³/mol. The highest BCUT2D eigenvalue weighted by Crippen LogP contribution is 2.18. The van der Waals surface area contributed by atoms with Gasteiger partial charge in [-0.1, -0.05) is 6.07 Å². The summed E-state index contributed by atoms with van der Waals surface area (Å²) in [5, 5.41) is 4.18. The van der Waals surface area contributed by atoms with Crippen LogP contribution in [0.1, 0.15) is 22.6 Å². The zero-order valence-electron chi connectivity index (χ0n) is 11.3. The lowest BCUT2D eigenvalue weighted by Gasteiger charge is -2.06. The van der Waals surface area contributed by atoms with Crippen LogP contribution >= 0.6 is 15.9 Å². The molecule has 0 unspecified atom stereocenters. The van der Waals surface area contributed by atoms with E-state index < -0.39 is 0 Å². The van der Waals surface area contributed by atoms with Crippen LogP contribution in [0.2, 0.25) is 0 Å². The highest BCUT2D eigenvalue weighted by molar-refractivity contribution is 9.10. The number of nitrogens with zero attached hydrogens (tertiary/aromatic N) is 3. The van der Waals surface area contributed by atoms with Crippen molar-refractivity contribution in [3.05, 3.63) is 46.5 Å². The van der Waals surface area contributed by atoms with Crippen LogP contribution in [0.25, 0.3) is 0 Å². The molecule has 0 bridgehead atoms. The molecule has 2 aromatic rings. The second-order valence-corrected chi connectivity index (χ2v) is 5.16. The van der Waals surface area contributed by atoms with Crippen LogP contribution in [-0.4, -0.2) is 34.3 Å². The van der Waals surface area contributed by atoms with Gasteiger partial charge in [-0.05, 0) is 34.5 Å². The van der Waals surface area contributed by atoms with Crippen LogP contribution in [0.3, 0.4) is 0 Å². The number of ether oxygens (including phenoxy) is 1. The van der Waals surface area contributed by atoms with E-state index in [9.17, 15) is 4.79 Å². The number of hydrogen-bond donors (Lipinski definition) is 0. The molecule has 5 nitrogen and oxygen atoms in total. The first-order chi connectivity index (χ1) is 9.72. The summed E-state index contributed by atoms with van der Waals surface area (Å²) in [7, 11) is 1.63. The maximum atomic E-state index is 12.3. The van der Waals surface area contributed by atoms with Crippen molar-refractivity contribution in [2.45, 2.75) is 19.4 Å². The monoisotopic (exact) mass is 337 g/mol. The summed E-state index contributed by atoms with van der Waals surface area (Å²) < 4.78 is 7.42. The molecular weight excluding hydrogens is 322 g/mol. The van der Waals surface area contributed by atoms with E-state index >= 15 is 0 Å². The molecule has 106 valence electrons. The molecule has 0 aliphatic rings. The molecule has 0 N–H and O–H groups in total. The lowest BCUT2D eigenvalue weighted by Crippen LogP contribution is -2.14. The van der Waals surface area contributed by atoms with Gasteiger partial charge in [0.2, 0.25) is 0 Å². The lowest BCUT2D eigenvalue weighted by molar-refractivity contribution is 0.0967. The molecule has 0 fully saturated rings. The summed E-state index contributed by atoms with van der Waals surface area (Å²) in [6.07, 6.45) is 4.41. The molecular formula is C14H16BrN3O2. The van der Waals surface area contributed by atoms with Gasteiger partial charge in [0.05, 0.1) is 23.8 Å². The minimum atomic E-state index is 0.0520. The van der Waals surface area contributed by atoms with Crippen LogP contribution in [-0.2, 0) is 17.7 Å². The van der Waals surface area contributed by atoms with Crippen molar-refractivity contribution in [3.8, 4) is 0 Å². The zero-order chi connectivity index (χ0) is 14.4. The van der Waals surface area contributed by atoms with Crippen molar-refractivity contribution in [2.24, 2.45) is 0 Å². The number of methoxy groups -OCH3 is 1. The summed E-state index contributed by atoms with van der Waals surface area (Å²) >= 11 is 3.38. The topological polar surface area (TPSA) is 57.0 Å². The van der Waals surface area contributed by atoms with Crippen molar-refractivity contribution in [1.82, 2.24) is 14.8 Å². The lowest BCUT2D eigenvalue weighted by atomic mass is 10.1. The minimum absolute atomic E-state index is 0.0520. The highest BCUT2D eigenvalue weighted by Gasteiger charge is 2.17. The SMILES string of the molecule is COCCn1ncc(Br)c1C(=O)CCc1ccccn1. The third kappa shape index (κ3) is 3.74. The van der Waals surface area contributed by atoms with E-state index in [1.54, 1.807) is 24.2 Å². The third-order valence-electron chi connectivity index (χ3n) is 2.90. The Morgan fingerprint density at radius 2 is 2.30 bits per heavy atom. The van der Waals surface area contributed by atoms with Gasteiger partial charge in [-0.3, -0.25) is 14.5 Å². The maximum absolute atomic E-state index is 12.3. The molecule has 20 heavy (non-hydrogen) atoms. The molecule has 0 saturated carbocycles. The molecule has 6 heteroatoms. The van der Waals surface area contributed by atoms with Crippen molar-refractivity contribution in [1.29, 1.82) is 0 Å². The van der Waals surface area contributed by atoms with E-state index in [0.29, 0.717) is 31.7 Å². The van der Waals surface area contributed by atoms with Gasteiger partial charge in [-0.15, -0.1) is 0 Å². The number of carbonyl (C=O) groups excluding carboxylic acids is 1. The highest BCUT2D eigenvalue weighted by atomic mass is 79.9. The average molecular weight is 338 g/mol. The first kappa shape index (κ1) is 14.9. The van der Waals surface area contributed by atoms with Crippen LogP contribution in [0.4, 0.5) is 0 Å². The van der Waals surface area contributed by atoms with Crippen LogP contribution in [0.5, 0.6) is 0 Å². The molecule has 0 aromatic carbocycles. The summed E-state index contributed by atoms with van der Waals surface area (Å²) in [6.45, 7) is 1.08. The Balaban J connectivity index is 2.03. The van der Waals surface area contributed by atoms with Gasteiger partial charge >= 0.3 is 0 Å². The van der Waals surface area contributed by atoms with Gasteiger partial charge in [0.1, 0.15) is 5.69 Å². The van der Waals surface area contributed by atoms with Gasteiger partial charge in [-0.25, -0.2) is 0 Å². The number of Topliss-reactive ketones (excluding diaryl/α,β-unsaturated/α-hetero) is 1. The van der Waals surface area contributed by atoms with E-state index in [0.717, 1.165) is 10.2 Å². The normalized spacial score (nSPS) is 10.7. The van der Waals surface area contributed by atoms with Gasteiger partial charge in [0.25, 0.3) is 0 Å². The quantitative estimate of drug-likeness (QED) is 0.728. The standard InChI is InChI=1S/C14H16BrN3O2/c1-20-9-8-18-14(12(15)10-17-18)13(19)6-5-11-4-2-3-7-16-11/h2-4,7,10H,5-6,8-9H2,1H3. The van der Waals surface area contributed by atoms with Gasteiger partial charge in [-0.2, -0.15) is 5.10 Å². The molecule has 0 saturated heterocycles. The zero-order valence-corrected chi connectivity index (χ0v) is 12.8. The summed E-state index contributed by atoms with van der Waals surface area (Å²) in [4.78, 5) is 16.5. The van der Waals surface area contributed by atoms with E-state index in [1.165, 1.54) is 0 Å². The van der Waals surface area contributed by atoms with E-state index in [-0.39, 0.29) is 5.78 Å². The Labute approximate surface area is 126 Å². The van der Waals surface area contributed by atoms with Gasteiger partial charge < -0.3 is 4.74 Å². The number of halogens is 1. The van der Waals surface area contributed by atoms with Crippen LogP contribution in [0, 0.1) is 0 Å². The van der Waals surface area contributed by atoms with Crippen LogP contribution in [0.15, 0.2) is 35.1 Å². The van der Waals surface area contributed by atoms with Crippen molar-refractivity contribution >= 4 is 21.7 Å². The fourth-order valence-corrected chi connectivity index (χ4v) is 2.41. The first-order valence-corrected chi connectivity index (χ1v) is 7.15. The van der Waals surface area contributed by atoms with E-state index in [2.05, 4.69) is 26.0 Å². The van der Waals surface area contributed by atoms with Crippen LogP contribution < -0.4 is 0 Å². The number of aryl methyl sites for hydroxylation is 1. The second-order valence-electron chi connectivity index (χ2n) is 4.30. The number of rotatable bonds is 7. The fourth-order valence-electron chi connectivity index (χ4n) is 1.89. The largest absolute Gasteiger partial charge is 0.383 e. The smallest absolute Gasteiger partial charge is 0.182 e. The fraction of sp³-hybridized carbons (Fsp3) is 0.357. The van der Waals surface area contributed by atoms with Gasteiger partial charge in [0, 0.05) is 25.4 Å². The Kier molecular flexibility index (Phi) is 5.43. The summed E-state index contributed by atoms with van der Waals surface area (Å²) in [5.41, 5.74) is 1.51. The number of carbonyl (C=O) groups is 1. The van der Waals surface area contributed by atoms with E-state index in [4.69, 9.17) is 4.74 Å². The molecule has 2 heterocycles. The number of pyridine rings is 1. The molecule has 2 aromatic heterocycles. The number of aromatic nitrogens is 3. The Morgan fingerprint density at radius 3 is 3.00 bits per heavy atom. The van der Waals surface area contributed by atoms with Crippen molar-refractivity contribution < 1.29 is 9.53 Å². The minimum Gasteiger partial charge on any atom is -0.383 e. The van der Waals surface area contributed by atoms with E-state index in [1.807, 2.05) is 18.2 Å². The first-order valence-electron chi connectivity index (χ1n) is 6.35.